The number of aromatic nitrogens is 2. The molecule has 0 aliphatic carbocycles. The molecule has 0 radical (unpaired) electrons. The number of carbonyl (C=O) groups is 2. The summed E-state index contributed by atoms with van der Waals surface area (Å²) in [5.41, 5.74) is 5.58. The van der Waals surface area contributed by atoms with Crippen LogP contribution in [0.15, 0.2) is 6.20 Å². The Bertz CT molecular complexity index is 519. The van der Waals surface area contributed by atoms with Crippen LogP contribution in [0, 0.1) is 0 Å². The number of nitrogens with one attached hydrogen (secondary N) is 1. The summed E-state index contributed by atoms with van der Waals surface area (Å²) >= 11 is 0. The molecule has 1 aromatic heterocycles. The van der Waals surface area contributed by atoms with Crippen molar-refractivity contribution >= 4 is 17.9 Å². The normalized spacial score (nSPS) is 11.1. The Morgan fingerprint density at radius 3 is 2.68 bits per heavy atom. The number of anilines is 1. The van der Waals surface area contributed by atoms with Crippen LogP contribution >= 0.6 is 0 Å². The molecule has 0 spiro atoms. The molecule has 1 rings (SSSR count). The Morgan fingerprint density at radius 1 is 1.41 bits per heavy atom. The van der Waals surface area contributed by atoms with Crippen LogP contribution in [0.4, 0.5) is 10.6 Å². The maximum absolute atomic E-state index is 11.6. The number of amides is 1. The van der Waals surface area contributed by atoms with Crippen molar-refractivity contribution in [2.24, 2.45) is 0 Å². The molecule has 0 aliphatic heterocycles. The molecule has 3 N–H and O–H groups in total. The summed E-state index contributed by atoms with van der Waals surface area (Å²) < 4.78 is 11.5. The van der Waals surface area contributed by atoms with Gasteiger partial charge in [0.25, 0.3) is 0 Å². The van der Waals surface area contributed by atoms with Crippen molar-refractivity contribution in [3.05, 3.63) is 11.8 Å². The third-order valence-electron chi connectivity index (χ3n) is 2.59. The van der Waals surface area contributed by atoms with Gasteiger partial charge in [0.15, 0.2) is 0 Å². The lowest BCUT2D eigenvalue weighted by Gasteiger charge is -2.19. The monoisotopic (exact) mass is 312 g/mol. The van der Waals surface area contributed by atoms with Gasteiger partial charge in [0, 0.05) is 13.1 Å². The molecule has 0 saturated heterocycles. The Hall–Kier alpha value is -2.25. The molecule has 1 heterocycles. The van der Waals surface area contributed by atoms with E-state index < -0.39 is 17.7 Å². The van der Waals surface area contributed by atoms with Crippen molar-refractivity contribution in [2.45, 2.75) is 46.3 Å². The van der Waals surface area contributed by atoms with Gasteiger partial charge in [-0.3, -0.25) is 0 Å². The number of aryl methyl sites for hydroxylation is 1. The molecule has 8 heteroatoms. The highest BCUT2D eigenvalue weighted by Crippen LogP contribution is 2.12. The minimum absolute atomic E-state index is 0.252. The predicted octanol–water partition coefficient (Wildman–Crippen LogP) is 1.56. The van der Waals surface area contributed by atoms with Gasteiger partial charge in [-0.15, -0.1) is 0 Å². The second kappa shape index (κ2) is 7.67. The number of nitrogens with zero attached hydrogens (tertiary/aromatic N) is 2. The third kappa shape index (κ3) is 5.63. The highest BCUT2D eigenvalue weighted by atomic mass is 16.6. The largest absolute Gasteiger partial charge is 0.462 e. The molecule has 0 unspecified atom stereocenters. The second-order valence-electron chi connectivity index (χ2n) is 5.67. The van der Waals surface area contributed by atoms with Gasteiger partial charge in [-0.1, -0.05) is 0 Å². The number of hydrogen-bond donors (Lipinski definition) is 2. The maximum atomic E-state index is 11.6. The summed E-state index contributed by atoms with van der Waals surface area (Å²) in [6.45, 7) is 8.30. The summed E-state index contributed by atoms with van der Waals surface area (Å²) in [6, 6.07) is 0. The Balaban J connectivity index is 2.40. The first kappa shape index (κ1) is 17.8. The lowest BCUT2D eigenvalue weighted by molar-refractivity contribution is 0.0517. The quantitative estimate of drug-likeness (QED) is 0.609. The van der Waals surface area contributed by atoms with Crippen molar-refractivity contribution in [3.63, 3.8) is 0 Å². The molecule has 0 fully saturated rings. The summed E-state index contributed by atoms with van der Waals surface area (Å²) in [5.74, 6) is -0.228. The van der Waals surface area contributed by atoms with Crippen LogP contribution in [0.1, 0.15) is 44.5 Å². The smallest absolute Gasteiger partial charge is 0.407 e. The summed E-state index contributed by atoms with van der Waals surface area (Å²) in [7, 11) is 0. The average Bonchev–Trinajstić information content (AvgIpc) is 2.74. The molecule has 124 valence electrons. The van der Waals surface area contributed by atoms with Gasteiger partial charge < -0.3 is 20.5 Å². The van der Waals surface area contributed by atoms with E-state index in [4.69, 9.17) is 15.2 Å². The summed E-state index contributed by atoms with van der Waals surface area (Å²) in [5, 5.41) is 6.69. The molecular formula is C14H24N4O4. The molecule has 8 nitrogen and oxygen atoms in total. The van der Waals surface area contributed by atoms with E-state index in [-0.39, 0.29) is 18.0 Å². The first-order valence-electron chi connectivity index (χ1n) is 7.20. The average molecular weight is 312 g/mol. The molecule has 0 aromatic carbocycles. The van der Waals surface area contributed by atoms with Gasteiger partial charge in [-0.2, -0.15) is 5.10 Å². The van der Waals surface area contributed by atoms with Crippen LogP contribution in [0.3, 0.4) is 0 Å². The SMILES string of the molecule is CCOC(=O)c1cnn(CCCNC(=O)OC(C)(C)C)c1N. The molecule has 0 saturated carbocycles. The van der Waals surface area contributed by atoms with Gasteiger partial charge in [0.05, 0.1) is 12.8 Å². The zero-order valence-corrected chi connectivity index (χ0v) is 13.5. The van der Waals surface area contributed by atoms with Crippen LogP contribution in [0.2, 0.25) is 0 Å². The first-order valence-corrected chi connectivity index (χ1v) is 7.20. The fourth-order valence-electron chi connectivity index (χ4n) is 1.67. The van der Waals surface area contributed by atoms with Crippen LogP contribution < -0.4 is 11.1 Å². The third-order valence-corrected chi connectivity index (χ3v) is 2.59. The number of nitrogen functional groups attached to an aromatic ring is 1. The van der Waals surface area contributed by atoms with Gasteiger partial charge >= 0.3 is 12.1 Å². The van der Waals surface area contributed by atoms with Crippen LogP contribution in [-0.2, 0) is 16.0 Å². The Labute approximate surface area is 129 Å². The molecule has 1 amide bonds. The van der Waals surface area contributed by atoms with Gasteiger partial charge in [-0.25, -0.2) is 14.3 Å². The fourth-order valence-corrected chi connectivity index (χ4v) is 1.67. The van der Waals surface area contributed by atoms with Crippen LogP contribution in [0.25, 0.3) is 0 Å². The lowest BCUT2D eigenvalue weighted by atomic mass is 10.2. The minimum atomic E-state index is -0.523. The summed E-state index contributed by atoms with van der Waals surface area (Å²) in [6.07, 6.45) is 1.52. The number of hydrogen-bond acceptors (Lipinski definition) is 6. The van der Waals surface area contributed by atoms with E-state index in [1.54, 1.807) is 27.7 Å². The van der Waals surface area contributed by atoms with Gasteiger partial charge in [-0.05, 0) is 34.1 Å². The number of ether oxygens (including phenoxy) is 2. The van der Waals surface area contributed by atoms with Crippen molar-refractivity contribution in [1.29, 1.82) is 0 Å². The minimum Gasteiger partial charge on any atom is -0.462 e. The molecular weight excluding hydrogens is 288 g/mol. The van der Waals surface area contributed by atoms with E-state index in [0.29, 0.717) is 19.5 Å². The Kier molecular flexibility index (Phi) is 6.21. The number of alkyl carbamates (subject to hydrolysis) is 1. The predicted molar refractivity (Wildman–Crippen MR) is 81.4 cm³/mol. The van der Waals surface area contributed by atoms with E-state index in [2.05, 4.69) is 10.4 Å². The lowest BCUT2D eigenvalue weighted by Crippen LogP contribution is -2.33. The molecule has 1 aromatic rings. The van der Waals surface area contributed by atoms with Crippen molar-refractivity contribution in [3.8, 4) is 0 Å². The molecule has 0 aliphatic rings. The Morgan fingerprint density at radius 2 is 2.09 bits per heavy atom. The fraction of sp³-hybridized carbons (Fsp3) is 0.643. The van der Waals surface area contributed by atoms with Crippen LogP contribution in [0.5, 0.6) is 0 Å². The number of carbonyl (C=O) groups excluding carboxylic acids is 2. The second-order valence-corrected chi connectivity index (χ2v) is 5.67. The van der Waals surface area contributed by atoms with E-state index in [1.165, 1.54) is 10.9 Å². The van der Waals surface area contributed by atoms with Gasteiger partial charge in [0.1, 0.15) is 17.0 Å². The van der Waals surface area contributed by atoms with E-state index in [1.807, 2.05) is 0 Å². The molecule has 0 atom stereocenters. The zero-order chi connectivity index (χ0) is 16.8. The van der Waals surface area contributed by atoms with Gasteiger partial charge in [0.2, 0.25) is 0 Å². The zero-order valence-electron chi connectivity index (χ0n) is 13.5. The standard InChI is InChI=1S/C14H24N4O4/c1-5-21-12(19)10-9-17-18(11(10)15)8-6-7-16-13(20)22-14(2,3)4/h9H,5-8,15H2,1-4H3,(H,16,20). The first-order chi connectivity index (χ1) is 10.2. The number of nitrogens with two attached hydrogens (primary N) is 1. The van der Waals surface area contributed by atoms with E-state index in [9.17, 15) is 9.59 Å². The molecule has 22 heavy (non-hydrogen) atoms. The number of rotatable bonds is 6. The molecule has 0 bridgehead atoms. The van der Waals surface area contributed by atoms with Crippen molar-refractivity contribution in [2.75, 3.05) is 18.9 Å². The van der Waals surface area contributed by atoms with Crippen molar-refractivity contribution in [1.82, 2.24) is 15.1 Å². The van der Waals surface area contributed by atoms with Crippen LogP contribution in [-0.4, -0.2) is 40.6 Å². The van der Waals surface area contributed by atoms with E-state index >= 15 is 0 Å². The van der Waals surface area contributed by atoms with Crippen molar-refractivity contribution < 1.29 is 19.1 Å². The van der Waals surface area contributed by atoms with E-state index in [0.717, 1.165) is 0 Å². The maximum Gasteiger partial charge on any atom is 0.407 e. The highest BCUT2D eigenvalue weighted by molar-refractivity contribution is 5.93. The number of esters is 1. The summed E-state index contributed by atoms with van der Waals surface area (Å²) in [4.78, 5) is 23.1. The topological polar surface area (TPSA) is 108 Å². The highest BCUT2D eigenvalue weighted by Gasteiger charge is 2.17.